The molecule has 0 aromatic heterocycles. The van der Waals surface area contributed by atoms with E-state index >= 15 is 0 Å². The van der Waals surface area contributed by atoms with E-state index in [0.29, 0.717) is 16.0 Å². The van der Waals surface area contributed by atoms with Gasteiger partial charge in [0.2, 0.25) is 6.79 Å². The maximum absolute atomic E-state index is 12.8. The molecule has 0 bridgehead atoms. The fraction of sp³-hybridized carbons (Fsp3) is 0.143. The predicted molar refractivity (Wildman–Crippen MR) is 40.2 cm³/mol. The molecule has 0 saturated carbocycles. The minimum absolute atomic E-state index is 0.164. The maximum Gasteiger partial charge on any atom is 0.231 e. The number of hydrogen-bond acceptors (Lipinski definition) is 2. The molecule has 58 valence electrons. The normalized spacial score (nSPS) is 13.6. The number of hydrogen-bond donors (Lipinski definition) is 0. The van der Waals surface area contributed by atoms with Gasteiger partial charge >= 0.3 is 0 Å². The van der Waals surface area contributed by atoms with E-state index in [0.717, 1.165) is 0 Å². The lowest BCUT2D eigenvalue weighted by Gasteiger charge is -1.98. The van der Waals surface area contributed by atoms with Crippen molar-refractivity contribution in [2.24, 2.45) is 0 Å². The third kappa shape index (κ3) is 0.976. The summed E-state index contributed by atoms with van der Waals surface area (Å²) < 4.78 is 23.1. The van der Waals surface area contributed by atoms with Gasteiger partial charge in [0.15, 0.2) is 11.5 Å². The van der Waals surface area contributed by atoms with Crippen LogP contribution in [-0.2, 0) is 0 Å². The molecule has 2 nitrogen and oxygen atoms in total. The summed E-state index contributed by atoms with van der Waals surface area (Å²) in [5.74, 6) is 0.692. The molecule has 1 heterocycles. The Hall–Kier alpha value is -0.770. The predicted octanol–water partition coefficient (Wildman–Crippen LogP) is 2.32. The van der Waals surface area contributed by atoms with Crippen LogP contribution in [-0.4, -0.2) is 6.79 Å². The van der Waals surface area contributed by atoms with Gasteiger partial charge in [0, 0.05) is 0 Å². The molecular formula is C7H4BrFO2. The van der Waals surface area contributed by atoms with Crippen LogP contribution in [0.2, 0.25) is 0 Å². The molecule has 4 heteroatoms. The monoisotopic (exact) mass is 218 g/mol. The van der Waals surface area contributed by atoms with Crippen LogP contribution in [0.4, 0.5) is 4.39 Å². The second-order valence-corrected chi connectivity index (χ2v) is 2.89. The minimum Gasteiger partial charge on any atom is -0.454 e. The van der Waals surface area contributed by atoms with Crippen LogP contribution in [0.3, 0.4) is 0 Å². The van der Waals surface area contributed by atoms with Crippen LogP contribution < -0.4 is 9.47 Å². The summed E-state index contributed by atoms with van der Waals surface area (Å²) in [4.78, 5) is 0. The van der Waals surface area contributed by atoms with Crippen molar-refractivity contribution in [1.82, 2.24) is 0 Å². The number of fused-ring (bicyclic) bond motifs is 1. The Balaban J connectivity index is 2.62. The van der Waals surface area contributed by atoms with Gasteiger partial charge in [-0.05, 0) is 28.1 Å². The van der Waals surface area contributed by atoms with Crippen molar-refractivity contribution in [3.8, 4) is 11.5 Å². The highest BCUT2D eigenvalue weighted by molar-refractivity contribution is 9.10. The van der Waals surface area contributed by atoms with E-state index in [2.05, 4.69) is 15.9 Å². The van der Waals surface area contributed by atoms with Crippen LogP contribution in [0.15, 0.2) is 16.6 Å². The van der Waals surface area contributed by atoms with E-state index < -0.39 is 0 Å². The highest BCUT2D eigenvalue weighted by Gasteiger charge is 2.18. The molecule has 11 heavy (non-hydrogen) atoms. The lowest BCUT2D eigenvalue weighted by atomic mass is 10.3. The van der Waals surface area contributed by atoms with Gasteiger partial charge in [-0.3, -0.25) is 0 Å². The number of benzene rings is 1. The summed E-state index contributed by atoms with van der Waals surface area (Å²) in [6, 6.07) is 2.88. The molecular weight excluding hydrogens is 215 g/mol. The van der Waals surface area contributed by atoms with E-state index in [-0.39, 0.29) is 12.6 Å². The second-order valence-electron chi connectivity index (χ2n) is 2.10. The zero-order valence-electron chi connectivity index (χ0n) is 5.43. The van der Waals surface area contributed by atoms with Crippen LogP contribution in [0.1, 0.15) is 0 Å². The molecule has 0 fully saturated rings. The Morgan fingerprint density at radius 3 is 3.00 bits per heavy atom. The fourth-order valence-electron chi connectivity index (χ4n) is 0.914. The van der Waals surface area contributed by atoms with Crippen molar-refractivity contribution in [1.29, 1.82) is 0 Å². The topological polar surface area (TPSA) is 18.5 Å². The summed E-state index contributed by atoms with van der Waals surface area (Å²) in [6.07, 6.45) is 0. The summed E-state index contributed by atoms with van der Waals surface area (Å²) in [5.41, 5.74) is 0. The highest BCUT2D eigenvalue weighted by atomic mass is 79.9. The molecule has 1 aromatic rings. The molecule has 1 aromatic carbocycles. The lowest BCUT2D eigenvalue weighted by Crippen LogP contribution is -1.93. The molecule has 1 aliphatic heterocycles. The number of halogens is 2. The Bertz CT molecular complexity index is 301. The average molecular weight is 219 g/mol. The Morgan fingerprint density at radius 2 is 2.18 bits per heavy atom. The van der Waals surface area contributed by atoms with Crippen LogP contribution in [0.25, 0.3) is 0 Å². The van der Waals surface area contributed by atoms with Gasteiger partial charge in [-0.25, -0.2) is 4.39 Å². The van der Waals surface area contributed by atoms with Gasteiger partial charge in [0.1, 0.15) is 5.82 Å². The van der Waals surface area contributed by atoms with Crippen molar-refractivity contribution in [3.05, 3.63) is 22.4 Å². The van der Waals surface area contributed by atoms with E-state index in [1.807, 2.05) is 0 Å². The Labute approximate surface area is 71.1 Å². The molecule has 0 N–H and O–H groups in total. The molecule has 0 unspecified atom stereocenters. The molecule has 2 rings (SSSR count). The van der Waals surface area contributed by atoms with E-state index in [1.165, 1.54) is 6.07 Å². The standard InChI is InChI=1S/C7H4BrFO2/c8-6-4(9)1-2-5-7(6)11-3-10-5/h1-2H,3H2. The van der Waals surface area contributed by atoms with Crippen molar-refractivity contribution in [2.45, 2.75) is 0 Å². The quantitative estimate of drug-likeness (QED) is 0.666. The summed E-state index contributed by atoms with van der Waals surface area (Å²) in [7, 11) is 0. The largest absolute Gasteiger partial charge is 0.454 e. The first kappa shape index (κ1) is 6.91. The van der Waals surface area contributed by atoms with Crippen molar-refractivity contribution >= 4 is 15.9 Å². The fourth-order valence-corrected chi connectivity index (χ4v) is 1.36. The van der Waals surface area contributed by atoms with Gasteiger partial charge in [0.25, 0.3) is 0 Å². The summed E-state index contributed by atoms with van der Waals surface area (Å²) in [5, 5.41) is 0. The van der Waals surface area contributed by atoms with Crippen molar-refractivity contribution in [2.75, 3.05) is 6.79 Å². The summed E-state index contributed by atoms with van der Waals surface area (Å²) in [6.45, 7) is 0.164. The highest BCUT2D eigenvalue weighted by Crippen LogP contribution is 2.39. The Morgan fingerprint density at radius 1 is 1.36 bits per heavy atom. The minimum atomic E-state index is -0.339. The van der Waals surface area contributed by atoms with Crippen LogP contribution in [0, 0.1) is 5.82 Å². The maximum atomic E-state index is 12.8. The first-order valence-corrected chi connectivity index (χ1v) is 3.82. The van der Waals surface area contributed by atoms with Gasteiger partial charge < -0.3 is 9.47 Å². The smallest absolute Gasteiger partial charge is 0.231 e. The molecule has 0 spiro atoms. The Kier molecular flexibility index (Phi) is 1.49. The van der Waals surface area contributed by atoms with Gasteiger partial charge in [0.05, 0.1) is 4.47 Å². The molecule has 1 aliphatic rings. The molecule has 0 aliphatic carbocycles. The third-order valence-corrected chi connectivity index (χ3v) is 2.17. The van der Waals surface area contributed by atoms with E-state index in [1.54, 1.807) is 6.07 Å². The molecule has 0 amide bonds. The molecule has 0 radical (unpaired) electrons. The molecule has 0 atom stereocenters. The number of ether oxygens (including phenoxy) is 2. The lowest BCUT2D eigenvalue weighted by molar-refractivity contribution is 0.173. The molecule has 0 saturated heterocycles. The zero-order chi connectivity index (χ0) is 7.84. The van der Waals surface area contributed by atoms with Crippen LogP contribution >= 0.6 is 15.9 Å². The van der Waals surface area contributed by atoms with E-state index in [4.69, 9.17) is 9.47 Å². The van der Waals surface area contributed by atoms with Gasteiger partial charge in [-0.1, -0.05) is 0 Å². The van der Waals surface area contributed by atoms with Crippen LogP contribution in [0.5, 0.6) is 11.5 Å². The SMILES string of the molecule is Fc1ccc2c(c1Br)OCO2. The average Bonchev–Trinajstić information content (AvgIpc) is 2.45. The zero-order valence-corrected chi connectivity index (χ0v) is 7.02. The van der Waals surface area contributed by atoms with E-state index in [9.17, 15) is 4.39 Å². The third-order valence-electron chi connectivity index (χ3n) is 1.43. The number of rotatable bonds is 0. The first-order chi connectivity index (χ1) is 5.29. The van der Waals surface area contributed by atoms with Gasteiger partial charge in [-0.2, -0.15) is 0 Å². The van der Waals surface area contributed by atoms with Gasteiger partial charge in [-0.15, -0.1) is 0 Å². The van der Waals surface area contributed by atoms with Crippen molar-refractivity contribution < 1.29 is 13.9 Å². The van der Waals surface area contributed by atoms with Crippen molar-refractivity contribution in [3.63, 3.8) is 0 Å². The second kappa shape index (κ2) is 2.37. The summed E-state index contributed by atoms with van der Waals surface area (Å²) >= 11 is 3.05. The first-order valence-electron chi connectivity index (χ1n) is 3.02.